The van der Waals surface area contributed by atoms with E-state index in [1.807, 2.05) is 4.72 Å². The molecule has 3 aromatic rings. The molecule has 0 saturated carbocycles. The van der Waals surface area contributed by atoms with Crippen LogP contribution in [0.4, 0.5) is 14.5 Å². The van der Waals surface area contributed by atoms with E-state index in [4.69, 9.17) is 0 Å². The zero-order valence-electron chi connectivity index (χ0n) is 14.5. The summed E-state index contributed by atoms with van der Waals surface area (Å²) in [6.07, 6.45) is 1.51. The van der Waals surface area contributed by atoms with E-state index in [1.165, 1.54) is 19.3 Å². The van der Waals surface area contributed by atoms with Crippen molar-refractivity contribution in [2.24, 2.45) is 0 Å². The molecule has 0 radical (unpaired) electrons. The predicted octanol–water partition coefficient (Wildman–Crippen LogP) is 2.68. The van der Waals surface area contributed by atoms with Crippen LogP contribution in [-0.4, -0.2) is 42.1 Å². The van der Waals surface area contributed by atoms with Gasteiger partial charge in [-0.05, 0) is 30.3 Å². The molecule has 0 aliphatic carbocycles. The Bertz CT molecular complexity index is 1100. The van der Waals surface area contributed by atoms with Crippen molar-refractivity contribution in [3.63, 3.8) is 0 Å². The number of aromatic amines is 1. The van der Waals surface area contributed by atoms with Gasteiger partial charge in [-0.2, -0.15) is 12.7 Å². The Morgan fingerprint density at radius 3 is 2.70 bits per heavy atom. The molecule has 0 amide bonds. The molecule has 0 aliphatic rings. The fourth-order valence-electron chi connectivity index (χ4n) is 2.44. The Morgan fingerprint density at radius 2 is 2.04 bits per heavy atom. The summed E-state index contributed by atoms with van der Waals surface area (Å²) >= 11 is 0. The third-order valence-electron chi connectivity index (χ3n) is 4.05. The number of anilines is 1. The van der Waals surface area contributed by atoms with Crippen LogP contribution in [-0.2, 0) is 10.2 Å². The van der Waals surface area contributed by atoms with Crippen LogP contribution in [0.25, 0.3) is 11.0 Å². The first-order valence-corrected chi connectivity index (χ1v) is 9.39. The second-order valence-electron chi connectivity index (χ2n) is 5.76. The normalized spacial score (nSPS) is 11.9. The molecule has 0 fully saturated rings. The lowest BCUT2D eigenvalue weighted by Gasteiger charge is -2.17. The van der Waals surface area contributed by atoms with E-state index < -0.39 is 38.9 Å². The van der Waals surface area contributed by atoms with E-state index in [0.29, 0.717) is 11.0 Å². The van der Waals surface area contributed by atoms with Crippen LogP contribution in [0.1, 0.15) is 23.0 Å². The average Bonchev–Trinajstić information content (AvgIpc) is 3.07. The number of carbonyl (C=O) groups is 1. The number of hydrogen-bond donors (Lipinski definition) is 2. The van der Waals surface area contributed by atoms with Crippen molar-refractivity contribution in [2.45, 2.75) is 6.92 Å². The van der Waals surface area contributed by atoms with Crippen molar-refractivity contribution in [1.82, 2.24) is 14.3 Å². The smallest absolute Gasteiger partial charge is 0.301 e. The average molecular weight is 394 g/mol. The van der Waals surface area contributed by atoms with Gasteiger partial charge in [0.1, 0.15) is 11.5 Å². The molecule has 0 unspecified atom stereocenters. The second-order valence-corrected chi connectivity index (χ2v) is 7.54. The number of hydrogen-bond acceptors (Lipinski definition) is 4. The Kier molecular flexibility index (Phi) is 4.94. The minimum atomic E-state index is -4.03. The number of rotatable bonds is 6. The van der Waals surface area contributed by atoms with Gasteiger partial charge in [-0.25, -0.2) is 13.8 Å². The highest BCUT2D eigenvalue weighted by atomic mass is 32.2. The molecule has 3 rings (SSSR count). The molecule has 2 N–H and O–H groups in total. The standard InChI is InChI=1S/C17H16F2N4O3S/c1-3-23(2)27(25,26)22-12-7-6-11(18)14(15(12)19)16(24)13-9-10-5-4-8-20-17(10)21-13/h4-9,22H,3H2,1-2H3,(H,20,21). The Labute approximate surface area is 154 Å². The van der Waals surface area contributed by atoms with Gasteiger partial charge in [0.25, 0.3) is 0 Å². The molecule has 7 nitrogen and oxygen atoms in total. The third kappa shape index (κ3) is 3.53. The highest BCUT2D eigenvalue weighted by Gasteiger charge is 2.26. The number of carbonyl (C=O) groups excluding carboxylic acids is 1. The quantitative estimate of drug-likeness (QED) is 0.629. The summed E-state index contributed by atoms with van der Waals surface area (Å²) in [5.74, 6) is -3.34. The minimum Gasteiger partial charge on any atom is -0.337 e. The van der Waals surface area contributed by atoms with Gasteiger partial charge in [-0.1, -0.05) is 6.92 Å². The number of fused-ring (bicyclic) bond motifs is 1. The van der Waals surface area contributed by atoms with Crippen LogP contribution in [0.5, 0.6) is 0 Å². The van der Waals surface area contributed by atoms with Crippen molar-refractivity contribution in [1.29, 1.82) is 0 Å². The Hall–Kier alpha value is -2.85. The van der Waals surface area contributed by atoms with Crippen molar-refractivity contribution in [3.05, 3.63) is 59.4 Å². The monoisotopic (exact) mass is 394 g/mol. The lowest BCUT2D eigenvalue weighted by molar-refractivity contribution is 0.102. The van der Waals surface area contributed by atoms with Crippen LogP contribution in [0.3, 0.4) is 0 Å². The summed E-state index contributed by atoms with van der Waals surface area (Å²) in [5.41, 5.74) is -1.05. The van der Waals surface area contributed by atoms with Gasteiger partial charge < -0.3 is 4.98 Å². The molecular weight excluding hydrogens is 378 g/mol. The summed E-state index contributed by atoms with van der Waals surface area (Å²) < 4.78 is 56.1. The van der Waals surface area contributed by atoms with Gasteiger partial charge in [0.15, 0.2) is 5.82 Å². The molecule has 142 valence electrons. The summed E-state index contributed by atoms with van der Waals surface area (Å²) in [6.45, 7) is 1.74. The molecule has 0 spiro atoms. The molecule has 0 atom stereocenters. The number of halogens is 2. The van der Waals surface area contributed by atoms with E-state index in [0.717, 1.165) is 16.4 Å². The number of nitrogens with zero attached hydrogens (tertiary/aromatic N) is 2. The van der Waals surface area contributed by atoms with Gasteiger partial charge in [-0.15, -0.1) is 0 Å². The van der Waals surface area contributed by atoms with Gasteiger partial charge in [-0.3, -0.25) is 9.52 Å². The molecule has 0 saturated heterocycles. The van der Waals surface area contributed by atoms with Crippen LogP contribution in [0.15, 0.2) is 36.5 Å². The Morgan fingerprint density at radius 1 is 1.30 bits per heavy atom. The lowest BCUT2D eigenvalue weighted by Crippen LogP contribution is -2.32. The zero-order valence-corrected chi connectivity index (χ0v) is 15.3. The first-order chi connectivity index (χ1) is 12.7. The van der Waals surface area contributed by atoms with Gasteiger partial charge >= 0.3 is 10.2 Å². The molecular formula is C17H16F2N4O3S. The maximum absolute atomic E-state index is 14.8. The van der Waals surface area contributed by atoms with E-state index >= 15 is 0 Å². The molecule has 1 aromatic carbocycles. The van der Waals surface area contributed by atoms with E-state index in [9.17, 15) is 22.0 Å². The maximum Gasteiger partial charge on any atom is 0.301 e. The number of H-pyrrole nitrogens is 1. The van der Waals surface area contributed by atoms with E-state index in [-0.39, 0.29) is 12.2 Å². The number of aromatic nitrogens is 2. The molecule has 10 heteroatoms. The van der Waals surface area contributed by atoms with Gasteiger partial charge in [0, 0.05) is 25.2 Å². The molecule has 2 aromatic heterocycles. The molecule has 0 bridgehead atoms. The first kappa shape index (κ1) is 18.9. The maximum atomic E-state index is 14.8. The topological polar surface area (TPSA) is 95.2 Å². The van der Waals surface area contributed by atoms with Crippen molar-refractivity contribution in [2.75, 3.05) is 18.3 Å². The first-order valence-electron chi connectivity index (χ1n) is 7.95. The van der Waals surface area contributed by atoms with Gasteiger partial charge in [0.2, 0.25) is 5.78 Å². The minimum absolute atomic E-state index is 0.0628. The van der Waals surface area contributed by atoms with Crippen LogP contribution in [0.2, 0.25) is 0 Å². The number of ketones is 1. The number of nitrogens with one attached hydrogen (secondary N) is 2. The summed E-state index contributed by atoms with van der Waals surface area (Å²) in [5, 5.41) is 0.600. The highest BCUT2D eigenvalue weighted by molar-refractivity contribution is 7.90. The number of pyridine rings is 1. The SMILES string of the molecule is CCN(C)S(=O)(=O)Nc1ccc(F)c(C(=O)c2cc3cccnc3[nH]2)c1F. The summed E-state index contributed by atoms with van der Waals surface area (Å²) in [4.78, 5) is 19.4. The molecule has 2 heterocycles. The van der Waals surface area contributed by atoms with E-state index in [1.54, 1.807) is 19.1 Å². The lowest BCUT2D eigenvalue weighted by atomic mass is 10.1. The number of benzene rings is 1. The largest absolute Gasteiger partial charge is 0.337 e. The van der Waals surface area contributed by atoms with E-state index in [2.05, 4.69) is 9.97 Å². The van der Waals surface area contributed by atoms with Crippen LogP contribution < -0.4 is 4.72 Å². The molecule has 0 aliphatic heterocycles. The van der Waals surface area contributed by atoms with Crippen molar-refractivity contribution in [3.8, 4) is 0 Å². The van der Waals surface area contributed by atoms with Crippen molar-refractivity contribution < 1.29 is 22.0 Å². The second kappa shape index (κ2) is 7.05. The fourth-order valence-corrected chi connectivity index (χ4v) is 3.37. The van der Waals surface area contributed by atoms with Crippen LogP contribution >= 0.6 is 0 Å². The molecule has 27 heavy (non-hydrogen) atoms. The summed E-state index contributed by atoms with van der Waals surface area (Å²) in [6, 6.07) is 6.53. The summed E-state index contributed by atoms with van der Waals surface area (Å²) in [7, 11) is -2.74. The zero-order chi connectivity index (χ0) is 19.8. The van der Waals surface area contributed by atoms with Gasteiger partial charge in [0.05, 0.1) is 16.9 Å². The van der Waals surface area contributed by atoms with Crippen LogP contribution in [0, 0.1) is 11.6 Å². The highest BCUT2D eigenvalue weighted by Crippen LogP contribution is 2.26. The fraction of sp³-hybridized carbons (Fsp3) is 0.176. The Balaban J connectivity index is 2.04. The predicted molar refractivity (Wildman–Crippen MR) is 96.7 cm³/mol. The third-order valence-corrected chi connectivity index (χ3v) is 5.61. The van der Waals surface area contributed by atoms with Crippen molar-refractivity contribution >= 4 is 32.7 Å².